The predicted octanol–water partition coefficient (Wildman–Crippen LogP) is 1.24. The number of carbonyl (C=O) groups excluding carboxylic acids is 2. The van der Waals surface area contributed by atoms with Gasteiger partial charge in [-0.25, -0.2) is 0 Å². The molecule has 1 aromatic carbocycles. The molecule has 144 valence electrons. The summed E-state index contributed by atoms with van der Waals surface area (Å²) in [7, 11) is 4.12. The quantitative estimate of drug-likeness (QED) is 0.716. The maximum absolute atomic E-state index is 12.9. The van der Waals surface area contributed by atoms with Gasteiger partial charge in [-0.15, -0.1) is 11.8 Å². The lowest BCUT2D eigenvalue weighted by atomic mass is 9.99. The van der Waals surface area contributed by atoms with Crippen LogP contribution in [0.5, 0.6) is 0 Å². The summed E-state index contributed by atoms with van der Waals surface area (Å²) in [5.41, 5.74) is 2.28. The summed E-state index contributed by atoms with van der Waals surface area (Å²) in [5.74, 6) is 0.792. The van der Waals surface area contributed by atoms with Crippen LogP contribution in [0.2, 0.25) is 0 Å². The molecule has 0 radical (unpaired) electrons. The van der Waals surface area contributed by atoms with Gasteiger partial charge in [-0.3, -0.25) is 9.59 Å². The van der Waals surface area contributed by atoms with Gasteiger partial charge in [0.1, 0.15) is 11.4 Å². The Morgan fingerprint density at radius 2 is 2.04 bits per heavy atom. The lowest BCUT2D eigenvalue weighted by Gasteiger charge is -2.33. The van der Waals surface area contributed by atoms with Crippen LogP contribution in [0, 0.1) is 12.8 Å². The van der Waals surface area contributed by atoms with Crippen LogP contribution in [0.4, 0.5) is 0 Å². The van der Waals surface area contributed by atoms with Gasteiger partial charge in [0, 0.05) is 0 Å². The zero-order valence-corrected chi connectivity index (χ0v) is 17.4. The van der Waals surface area contributed by atoms with Crippen LogP contribution in [-0.4, -0.2) is 55.7 Å². The highest BCUT2D eigenvalue weighted by atomic mass is 32.2. The molecular formula is C20H32N3O2S+. The first-order chi connectivity index (χ1) is 12.3. The van der Waals surface area contributed by atoms with Crippen LogP contribution < -0.4 is 10.2 Å². The molecule has 0 spiro atoms. The number of quaternary nitrogens is 1. The minimum absolute atomic E-state index is 0.0330. The topological polar surface area (TPSA) is 53.9 Å². The molecule has 1 aliphatic rings. The van der Waals surface area contributed by atoms with Crippen molar-refractivity contribution in [1.82, 2.24) is 10.2 Å². The summed E-state index contributed by atoms with van der Waals surface area (Å²) in [6.45, 7) is 7.75. The van der Waals surface area contributed by atoms with E-state index in [1.807, 2.05) is 17.0 Å². The maximum Gasteiger partial charge on any atom is 0.243 e. The third-order valence-electron chi connectivity index (χ3n) is 4.62. The van der Waals surface area contributed by atoms with Gasteiger partial charge in [-0.05, 0) is 30.4 Å². The minimum Gasteiger partial charge on any atom is -0.349 e. The lowest BCUT2D eigenvalue weighted by Crippen LogP contribution is -3.06. The van der Waals surface area contributed by atoms with Crippen molar-refractivity contribution in [3.63, 3.8) is 0 Å². The van der Waals surface area contributed by atoms with Gasteiger partial charge in [0.05, 0.1) is 32.9 Å². The summed E-state index contributed by atoms with van der Waals surface area (Å²) in [4.78, 5) is 28.7. The first-order valence-corrected chi connectivity index (χ1v) is 10.4. The number of amides is 2. The molecule has 2 rings (SSSR count). The monoisotopic (exact) mass is 378 g/mol. The van der Waals surface area contributed by atoms with E-state index in [1.165, 1.54) is 4.90 Å². The summed E-state index contributed by atoms with van der Waals surface area (Å²) in [6.07, 6.45) is 0.676. The number of thioether (sulfide) groups is 1. The van der Waals surface area contributed by atoms with Crippen molar-refractivity contribution in [2.75, 3.05) is 32.9 Å². The molecule has 0 unspecified atom stereocenters. The second-order valence-electron chi connectivity index (χ2n) is 7.71. The second kappa shape index (κ2) is 9.42. The highest BCUT2D eigenvalue weighted by Crippen LogP contribution is 2.42. The van der Waals surface area contributed by atoms with Crippen molar-refractivity contribution in [1.29, 1.82) is 0 Å². The zero-order valence-electron chi connectivity index (χ0n) is 16.5. The molecule has 2 amide bonds. The predicted molar refractivity (Wildman–Crippen MR) is 107 cm³/mol. The number of nitrogens with zero attached hydrogens (tertiary/aromatic N) is 1. The number of hydrogen-bond acceptors (Lipinski definition) is 3. The molecule has 1 heterocycles. The van der Waals surface area contributed by atoms with Crippen LogP contribution in [0.3, 0.4) is 0 Å². The minimum atomic E-state index is -0.417. The highest BCUT2D eigenvalue weighted by Gasteiger charge is 2.41. The third kappa shape index (κ3) is 5.24. The van der Waals surface area contributed by atoms with Gasteiger partial charge < -0.3 is 15.1 Å². The van der Waals surface area contributed by atoms with Crippen LogP contribution in [0.1, 0.15) is 36.8 Å². The number of aryl methyl sites for hydroxylation is 1. The average Bonchev–Trinajstić information content (AvgIpc) is 2.93. The molecule has 1 saturated heterocycles. The molecule has 0 saturated carbocycles. The normalized spacial score (nSPS) is 18.7. The maximum atomic E-state index is 12.9. The second-order valence-corrected chi connectivity index (χ2v) is 8.78. The molecule has 1 fully saturated rings. The molecule has 2 N–H and O–H groups in total. The van der Waals surface area contributed by atoms with E-state index in [1.54, 1.807) is 11.8 Å². The van der Waals surface area contributed by atoms with E-state index < -0.39 is 6.04 Å². The molecule has 1 aromatic rings. The molecule has 26 heavy (non-hydrogen) atoms. The van der Waals surface area contributed by atoms with Gasteiger partial charge in [-0.1, -0.05) is 38.1 Å². The first kappa shape index (κ1) is 20.8. The van der Waals surface area contributed by atoms with Crippen molar-refractivity contribution in [3.8, 4) is 0 Å². The van der Waals surface area contributed by atoms with Gasteiger partial charge in [-0.2, -0.15) is 0 Å². The highest BCUT2D eigenvalue weighted by molar-refractivity contribution is 8.00. The summed E-state index contributed by atoms with van der Waals surface area (Å²) < 4.78 is 0. The van der Waals surface area contributed by atoms with Crippen molar-refractivity contribution < 1.29 is 14.5 Å². The first-order valence-electron chi connectivity index (χ1n) is 9.36. The summed E-state index contributed by atoms with van der Waals surface area (Å²) in [5, 5.41) is 2.96. The Labute approximate surface area is 161 Å². The van der Waals surface area contributed by atoms with Gasteiger partial charge in [0.15, 0.2) is 0 Å². The standard InChI is InChI=1S/C20H31N3O2S/c1-14(2)12-17(19(25)21-10-11-22(4)5)23-18(24)13-26-20(23)16-9-7-6-8-15(16)3/h6-9,14,17,20H,10-13H2,1-5H3,(H,21,25)/p+1/t17-,20+/m0/s1. The smallest absolute Gasteiger partial charge is 0.243 e. The lowest BCUT2D eigenvalue weighted by molar-refractivity contribution is -0.856. The van der Waals surface area contributed by atoms with Crippen molar-refractivity contribution in [3.05, 3.63) is 35.4 Å². The molecule has 0 bridgehead atoms. The fourth-order valence-corrected chi connectivity index (χ4v) is 4.54. The number of carbonyl (C=O) groups is 2. The number of benzene rings is 1. The fourth-order valence-electron chi connectivity index (χ4n) is 3.22. The number of rotatable bonds is 8. The molecule has 1 aliphatic heterocycles. The van der Waals surface area contributed by atoms with Crippen LogP contribution in [0.15, 0.2) is 24.3 Å². The zero-order chi connectivity index (χ0) is 19.3. The number of hydrogen-bond donors (Lipinski definition) is 2. The Kier molecular flexibility index (Phi) is 7.53. The largest absolute Gasteiger partial charge is 0.349 e. The third-order valence-corrected chi connectivity index (χ3v) is 5.83. The average molecular weight is 379 g/mol. The van der Waals surface area contributed by atoms with Crippen LogP contribution in [-0.2, 0) is 9.59 Å². The molecular weight excluding hydrogens is 346 g/mol. The van der Waals surface area contributed by atoms with Gasteiger partial charge in [0.2, 0.25) is 11.8 Å². The Hall–Kier alpha value is -1.53. The molecule has 6 heteroatoms. The van der Waals surface area contributed by atoms with E-state index in [2.05, 4.69) is 52.3 Å². The molecule has 0 aromatic heterocycles. The van der Waals surface area contributed by atoms with Crippen LogP contribution >= 0.6 is 11.8 Å². The SMILES string of the molecule is Cc1ccccc1[C@H]1SCC(=O)N1[C@@H](CC(C)C)C(=O)NCC[NH+](C)C. The van der Waals surface area contributed by atoms with E-state index in [9.17, 15) is 9.59 Å². The Bertz CT molecular complexity index is 633. The van der Waals surface area contributed by atoms with E-state index in [4.69, 9.17) is 0 Å². The van der Waals surface area contributed by atoms with E-state index in [-0.39, 0.29) is 17.2 Å². The Morgan fingerprint density at radius 1 is 1.35 bits per heavy atom. The number of nitrogens with one attached hydrogen (secondary N) is 2. The summed E-state index contributed by atoms with van der Waals surface area (Å²) >= 11 is 1.62. The van der Waals surface area contributed by atoms with E-state index in [0.29, 0.717) is 24.6 Å². The van der Waals surface area contributed by atoms with E-state index >= 15 is 0 Å². The Morgan fingerprint density at radius 3 is 2.65 bits per heavy atom. The van der Waals surface area contributed by atoms with Crippen molar-refractivity contribution in [2.24, 2.45) is 5.92 Å². The van der Waals surface area contributed by atoms with Crippen molar-refractivity contribution >= 4 is 23.6 Å². The van der Waals surface area contributed by atoms with Gasteiger partial charge >= 0.3 is 0 Å². The Balaban J connectivity index is 2.24. The number of likely N-dealkylation sites (N-methyl/N-ethyl adjacent to an activating group) is 1. The van der Waals surface area contributed by atoms with Gasteiger partial charge in [0.25, 0.3) is 0 Å². The molecule has 5 nitrogen and oxygen atoms in total. The van der Waals surface area contributed by atoms with Crippen LogP contribution in [0.25, 0.3) is 0 Å². The molecule has 2 atom stereocenters. The van der Waals surface area contributed by atoms with E-state index in [0.717, 1.165) is 17.7 Å². The summed E-state index contributed by atoms with van der Waals surface area (Å²) in [6, 6.07) is 7.72. The fraction of sp³-hybridized carbons (Fsp3) is 0.600. The molecule has 0 aliphatic carbocycles. The van der Waals surface area contributed by atoms with Crippen molar-refractivity contribution in [2.45, 2.75) is 38.6 Å².